The first-order valence-corrected chi connectivity index (χ1v) is 9.01. The lowest BCUT2D eigenvalue weighted by molar-refractivity contribution is -0.00168. The molecule has 2 aromatic rings. The number of ether oxygens (including phenoxy) is 1. The van der Waals surface area contributed by atoms with Crippen LogP contribution in [0.5, 0.6) is 0 Å². The Balaban J connectivity index is 1.49. The van der Waals surface area contributed by atoms with Gasteiger partial charge in [0, 0.05) is 0 Å². The number of carbonyl (C=O) groups excluding carboxylic acids is 1. The van der Waals surface area contributed by atoms with Crippen LogP contribution in [0.3, 0.4) is 0 Å². The van der Waals surface area contributed by atoms with Gasteiger partial charge in [-0.2, -0.15) is 0 Å². The molecule has 2 aromatic carbocycles. The van der Waals surface area contributed by atoms with Crippen LogP contribution in [0.4, 0.5) is 0 Å². The summed E-state index contributed by atoms with van der Waals surface area (Å²) in [5, 5.41) is 0. The summed E-state index contributed by atoms with van der Waals surface area (Å²) in [7, 11) is 0. The molecule has 0 heterocycles. The van der Waals surface area contributed by atoms with Gasteiger partial charge in [-0.1, -0.05) is 49.4 Å². The first-order valence-electron chi connectivity index (χ1n) is 9.01. The number of esters is 1. The molecule has 0 radical (unpaired) electrons. The van der Waals surface area contributed by atoms with Crippen LogP contribution in [0.25, 0.3) is 0 Å². The Hall–Kier alpha value is -2.09. The molecule has 1 saturated carbocycles. The van der Waals surface area contributed by atoms with Crippen LogP contribution in [0.2, 0.25) is 0 Å². The SMILES string of the molecule is C[C@]12CCC(OC(=O)c3ccccc3)CC1CCc1ccccc12. The zero-order chi connectivity index (χ0) is 16.6. The normalized spacial score (nSPS) is 28.5. The molecule has 4 rings (SSSR count). The van der Waals surface area contributed by atoms with Crippen LogP contribution in [0.15, 0.2) is 54.6 Å². The van der Waals surface area contributed by atoms with Crippen LogP contribution >= 0.6 is 0 Å². The first kappa shape index (κ1) is 15.4. The van der Waals surface area contributed by atoms with Crippen molar-refractivity contribution in [2.45, 2.75) is 50.5 Å². The van der Waals surface area contributed by atoms with Gasteiger partial charge < -0.3 is 4.74 Å². The minimum Gasteiger partial charge on any atom is -0.459 e. The van der Waals surface area contributed by atoms with Crippen LogP contribution < -0.4 is 0 Å². The summed E-state index contributed by atoms with van der Waals surface area (Å²) >= 11 is 0. The van der Waals surface area contributed by atoms with Gasteiger partial charge in [-0.05, 0) is 66.7 Å². The van der Waals surface area contributed by atoms with Crippen LogP contribution in [0.1, 0.15) is 54.1 Å². The average Bonchev–Trinajstić information content (AvgIpc) is 2.63. The van der Waals surface area contributed by atoms with Crippen molar-refractivity contribution in [2.24, 2.45) is 5.92 Å². The fourth-order valence-electron chi connectivity index (χ4n) is 4.68. The van der Waals surface area contributed by atoms with Gasteiger partial charge in [-0.3, -0.25) is 0 Å². The molecule has 2 nitrogen and oxygen atoms in total. The minimum absolute atomic E-state index is 0.0565. The molecule has 2 heteroatoms. The molecule has 0 amide bonds. The van der Waals surface area contributed by atoms with Gasteiger partial charge in [0.25, 0.3) is 0 Å². The van der Waals surface area contributed by atoms with Crippen LogP contribution in [-0.4, -0.2) is 12.1 Å². The van der Waals surface area contributed by atoms with Crippen molar-refractivity contribution in [2.75, 3.05) is 0 Å². The Morgan fingerprint density at radius 1 is 1.04 bits per heavy atom. The van der Waals surface area contributed by atoms with E-state index >= 15 is 0 Å². The Morgan fingerprint density at radius 2 is 1.79 bits per heavy atom. The van der Waals surface area contributed by atoms with Gasteiger partial charge in [-0.15, -0.1) is 0 Å². The smallest absolute Gasteiger partial charge is 0.338 e. The van der Waals surface area contributed by atoms with Gasteiger partial charge in [0.05, 0.1) is 5.56 Å². The standard InChI is InChI=1S/C22H24O2/c1-22-14-13-19(24-21(23)17-8-3-2-4-9-17)15-18(22)12-11-16-7-5-6-10-20(16)22/h2-10,18-19H,11-15H2,1H3/t18?,19?,22-/m0/s1. The highest BCUT2D eigenvalue weighted by Gasteiger charge is 2.45. The molecule has 2 aliphatic rings. The number of rotatable bonds is 2. The summed E-state index contributed by atoms with van der Waals surface area (Å²) in [4.78, 5) is 12.3. The fourth-order valence-corrected chi connectivity index (χ4v) is 4.68. The molecule has 0 bridgehead atoms. The van der Waals surface area contributed by atoms with E-state index in [1.165, 1.54) is 17.5 Å². The molecule has 0 saturated heterocycles. The van der Waals surface area contributed by atoms with Crippen molar-refractivity contribution in [3.63, 3.8) is 0 Å². The van der Waals surface area contributed by atoms with Gasteiger partial charge >= 0.3 is 5.97 Å². The molecule has 0 aromatic heterocycles. The summed E-state index contributed by atoms with van der Waals surface area (Å²) in [5.74, 6) is 0.426. The molecule has 2 aliphatic carbocycles. The largest absolute Gasteiger partial charge is 0.459 e. The van der Waals surface area contributed by atoms with Crippen molar-refractivity contribution in [1.29, 1.82) is 0 Å². The van der Waals surface area contributed by atoms with Crippen molar-refractivity contribution < 1.29 is 9.53 Å². The molecular formula is C22H24O2. The second-order valence-corrected chi connectivity index (χ2v) is 7.48. The number of benzene rings is 2. The molecule has 3 atom stereocenters. The number of hydrogen-bond donors (Lipinski definition) is 0. The summed E-state index contributed by atoms with van der Waals surface area (Å²) in [5.41, 5.74) is 3.93. The summed E-state index contributed by atoms with van der Waals surface area (Å²) in [6, 6.07) is 18.2. The fraction of sp³-hybridized carbons (Fsp3) is 0.409. The van der Waals surface area contributed by atoms with Gasteiger partial charge in [0.2, 0.25) is 0 Å². The van der Waals surface area contributed by atoms with Gasteiger partial charge in [-0.25, -0.2) is 4.79 Å². The molecule has 24 heavy (non-hydrogen) atoms. The lowest BCUT2D eigenvalue weighted by Gasteiger charge is -2.48. The molecule has 124 valence electrons. The molecular weight excluding hydrogens is 296 g/mol. The Labute approximate surface area is 143 Å². The van der Waals surface area contributed by atoms with Crippen molar-refractivity contribution in [1.82, 2.24) is 0 Å². The molecule has 1 fully saturated rings. The predicted octanol–water partition coefficient (Wildman–Crippen LogP) is 4.92. The second kappa shape index (κ2) is 6.08. The highest BCUT2D eigenvalue weighted by Crippen LogP contribution is 2.50. The van der Waals surface area contributed by atoms with E-state index in [-0.39, 0.29) is 17.5 Å². The van der Waals surface area contributed by atoms with E-state index in [0.717, 1.165) is 25.7 Å². The van der Waals surface area contributed by atoms with Crippen LogP contribution in [-0.2, 0) is 16.6 Å². The monoisotopic (exact) mass is 320 g/mol. The highest BCUT2D eigenvalue weighted by molar-refractivity contribution is 5.89. The molecule has 0 aliphatic heterocycles. The second-order valence-electron chi connectivity index (χ2n) is 7.48. The first-order chi connectivity index (χ1) is 11.7. The quantitative estimate of drug-likeness (QED) is 0.734. The predicted molar refractivity (Wildman–Crippen MR) is 95.1 cm³/mol. The Kier molecular flexibility index (Phi) is 3.91. The molecule has 0 spiro atoms. The Bertz CT molecular complexity index is 737. The zero-order valence-corrected chi connectivity index (χ0v) is 14.2. The van der Waals surface area contributed by atoms with E-state index in [4.69, 9.17) is 4.74 Å². The maximum atomic E-state index is 12.3. The number of hydrogen-bond acceptors (Lipinski definition) is 2. The minimum atomic E-state index is -0.180. The van der Waals surface area contributed by atoms with E-state index < -0.39 is 0 Å². The maximum Gasteiger partial charge on any atom is 0.338 e. The van der Waals surface area contributed by atoms with E-state index in [9.17, 15) is 4.79 Å². The van der Waals surface area contributed by atoms with Gasteiger partial charge in [0.15, 0.2) is 0 Å². The lowest BCUT2D eigenvalue weighted by atomic mass is 9.58. The zero-order valence-electron chi connectivity index (χ0n) is 14.2. The number of aryl methyl sites for hydroxylation is 1. The third-order valence-corrected chi connectivity index (χ3v) is 6.11. The maximum absolute atomic E-state index is 12.3. The van der Waals surface area contributed by atoms with E-state index in [0.29, 0.717) is 11.5 Å². The van der Waals surface area contributed by atoms with Crippen molar-refractivity contribution in [3.8, 4) is 0 Å². The van der Waals surface area contributed by atoms with E-state index in [1.807, 2.05) is 30.3 Å². The summed E-state index contributed by atoms with van der Waals surface area (Å²) in [6.45, 7) is 2.41. The lowest BCUT2D eigenvalue weighted by Crippen LogP contribution is -2.44. The molecule has 2 unspecified atom stereocenters. The number of carbonyl (C=O) groups is 1. The Morgan fingerprint density at radius 3 is 2.62 bits per heavy atom. The summed E-state index contributed by atoms with van der Waals surface area (Å²) in [6.07, 6.45) is 5.45. The number of fused-ring (bicyclic) bond motifs is 3. The van der Waals surface area contributed by atoms with E-state index in [1.54, 1.807) is 0 Å². The van der Waals surface area contributed by atoms with Crippen LogP contribution in [0, 0.1) is 5.92 Å². The topological polar surface area (TPSA) is 26.3 Å². The third kappa shape index (κ3) is 2.64. The molecule has 0 N–H and O–H groups in total. The van der Waals surface area contributed by atoms with E-state index in [2.05, 4.69) is 31.2 Å². The summed E-state index contributed by atoms with van der Waals surface area (Å²) < 4.78 is 5.82. The van der Waals surface area contributed by atoms with Crippen molar-refractivity contribution in [3.05, 3.63) is 71.3 Å². The average molecular weight is 320 g/mol. The third-order valence-electron chi connectivity index (χ3n) is 6.11. The van der Waals surface area contributed by atoms with Crippen molar-refractivity contribution >= 4 is 5.97 Å². The highest BCUT2D eigenvalue weighted by atomic mass is 16.5. The van der Waals surface area contributed by atoms with Gasteiger partial charge in [0.1, 0.15) is 6.10 Å².